The van der Waals surface area contributed by atoms with Crippen molar-refractivity contribution in [2.45, 2.75) is 43.8 Å². The van der Waals surface area contributed by atoms with Gasteiger partial charge in [0.05, 0.1) is 11.5 Å². The van der Waals surface area contributed by atoms with Crippen LogP contribution in [0.2, 0.25) is 0 Å². The van der Waals surface area contributed by atoms with E-state index in [4.69, 9.17) is 5.11 Å². The van der Waals surface area contributed by atoms with Crippen LogP contribution in [-0.2, 0) is 21.6 Å². The number of benzene rings is 1. The lowest BCUT2D eigenvalue weighted by molar-refractivity contribution is -0.118. The number of aromatic carboxylic acids is 1. The zero-order valence-corrected chi connectivity index (χ0v) is 16.7. The molecule has 1 saturated carbocycles. The zero-order valence-electron chi connectivity index (χ0n) is 15.9. The van der Waals surface area contributed by atoms with E-state index >= 15 is 0 Å². The molecule has 7 nitrogen and oxygen atoms in total. The lowest BCUT2D eigenvalue weighted by Gasteiger charge is -2.21. The SMILES string of the molecule is O=C(O)c1ccc(NC(=O)C(CC2CCCC2)c2ccc(CS(=O)[O-])cc2)nc1. The predicted molar refractivity (Wildman–Crippen MR) is 108 cm³/mol. The molecule has 1 aromatic heterocycles. The highest BCUT2D eigenvalue weighted by Gasteiger charge is 2.27. The first-order chi connectivity index (χ1) is 13.9. The molecule has 154 valence electrons. The molecule has 1 heterocycles. The van der Waals surface area contributed by atoms with E-state index in [2.05, 4.69) is 10.3 Å². The van der Waals surface area contributed by atoms with Crippen molar-refractivity contribution in [1.29, 1.82) is 0 Å². The largest absolute Gasteiger partial charge is 0.772 e. The first-order valence-electron chi connectivity index (χ1n) is 9.57. The van der Waals surface area contributed by atoms with Crippen LogP contribution in [0.4, 0.5) is 5.82 Å². The van der Waals surface area contributed by atoms with E-state index in [1.54, 1.807) is 12.1 Å². The first kappa shape index (κ1) is 21.1. The molecular formula is C21H23N2O5S-. The summed E-state index contributed by atoms with van der Waals surface area (Å²) in [4.78, 5) is 28.0. The second kappa shape index (κ2) is 9.76. The monoisotopic (exact) mass is 415 g/mol. The van der Waals surface area contributed by atoms with E-state index in [1.165, 1.54) is 31.2 Å². The van der Waals surface area contributed by atoms with Crippen molar-refractivity contribution in [3.8, 4) is 0 Å². The summed E-state index contributed by atoms with van der Waals surface area (Å²) >= 11 is -2.16. The van der Waals surface area contributed by atoms with Gasteiger partial charge in [0.2, 0.25) is 5.91 Å². The van der Waals surface area contributed by atoms with E-state index < -0.39 is 17.0 Å². The highest BCUT2D eigenvalue weighted by molar-refractivity contribution is 7.78. The van der Waals surface area contributed by atoms with Gasteiger partial charge in [0.25, 0.3) is 0 Å². The molecule has 2 unspecified atom stereocenters. The lowest BCUT2D eigenvalue weighted by atomic mass is 9.87. The van der Waals surface area contributed by atoms with Gasteiger partial charge in [-0.15, -0.1) is 0 Å². The number of rotatable bonds is 8. The van der Waals surface area contributed by atoms with E-state index in [9.17, 15) is 18.4 Å². The van der Waals surface area contributed by atoms with Crippen molar-refractivity contribution in [2.75, 3.05) is 5.32 Å². The van der Waals surface area contributed by atoms with Gasteiger partial charge in [0, 0.05) is 11.9 Å². The van der Waals surface area contributed by atoms with Crippen LogP contribution in [0.5, 0.6) is 0 Å². The van der Waals surface area contributed by atoms with Crippen LogP contribution in [0.15, 0.2) is 42.6 Å². The smallest absolute Gasteiger partial charge is 0.337 e. The van der Waals surface area contributed by atoms with Gasteiger partial charge in [0.15, 0.2) is 0 Å². The minimum absolute atomic E-state index is 0.0526. The molecule has 29 heavy (non-hydrogen) atoms. The van der Waals surface area contributed by atoms with Crippen molar-refractivity contribution in [3.63, 3.8) is 0 Å². The second-order valence-electron chi connectivity index (χ2n) is 7.35. The summed E-state index contributed by atoms with van der Waals surface area (Å²) < 4.78 is 21.8. The summed E-state index contributed by atoms with van der Waals surface area (Å²) in [6.07, 6.45) is 6.47. The Morgan fingerprint density at radius 2 is 1.86 bits per heavy atom. The number of carboxylic acid groups (broad SMARTS) is 1. The normalized spacial score (nSPS) is 16.3. The Kier molecular flexibility index (Phi) is 7.11. The summed E-state index contributed by atoms with van der Waals surface area (Å²) in [5.41, 5.74) is 1.56. The fraction of sp³-hybridized carbons (Fsp3) is 0.381. The molecule has 2 N–H and O–H groups in total. The van der Waals surface area contributed by atoms with Gasteiger partial charge in [-0.25, -0.2) is 9.78 Å². The Morgan fingerprint density at radius 1 is 1.17 bits per heavy atom. The van der Waals surface area contributed by atoms with Crippen LogP contribution in [0.3, 0.4) is 0 Å². The van der Waals surface area contributed by atoms with Crippen LogP contribution in [-0.4, -0.2) is 30.7 Å². The topological polar surface area (TPSA) is 119 Å². The quantitative estimate of drug-likeness (QED) is 0.637. The third-order valence-electron chi connectivity index (χ3n) is 5.29. The Balaban J connectivity index is 1.77. The van der Waals surface area contributed by atoms with Gasteiger partial charge in [-0.1, -0.05) is 61.0 Å². The van der Waals surface area contributed by atoms with Crippen LogP contribution in [0, 0.1) is 5.92 Å². The maximum atomic E-state index is 13.0. The Labute approximate surface area is 171 Å². The highest BCUT2D eigenvalue weighted by Crippen LogP contribution is 2.35. The summed E-state index contributed by atoms with van der Waals surface area (Å²) in [6.45, 7) is 0. The summed E-state index contributed by atoms with van der Waals surface area (Å²) in [5.74, 6) is -0.941. The minimum Gasteiger partial charge on any atom is -0.772 e. The Bertz CT molecular complexity index is 877. The lowest BCUT2D eigenvalue weighted by Crippen LogP contribution is -2.23. The van der Waals surface area contributed by atoms with Gasteiger partial charge in [-0.2, -0.15) is 0 Å². The van der Waals surface area contributed by atoms with Crippen LogP contribution in [0.1, 0.15) is 59.5 Å². The standard InChI is InChI=1S/C21H24N2O5S/c24-20(23-19-10-9-17(12-22-19)21(25)26)18(11-14-3-1-2-4-14)16-7-5-15(6-8-16)13-29(27)28/h5-10,12,14,18H,1-4,11,13H2,(H,25,26)(H,27,28)(H,22,23,24)/p-1. The molecule has 2 atom stereocenters. The number of amides is 1. The maximum absolute atomic E-state index is 13.0. The fourth-order valence-electron chi connectivity index (χ4n) is 3.76. The maximum Gasteiger partial charge on any atom is 0.337 e. The zero-order chi connectivity index (χ0) is 20.8. The van der Waals surface area contributed by atoms with Crippen molar-refractivity contribution >= 4 is 28.8 Å². The first-order valence-corrected chi connectivity index (χ1v) is 10.8. The van der Waals surface area contributed by atoms with Crippen LogP contribution >= 0.6 is 0 Å². The highest BCUT2D eigenvalue weighted by atomic mass is 32.2. The number of hydrogen-bond acceptors (Lipinski definition) is 5. The molecule has 1 aliphatic rings. The van der Waals surface area contributed by atoms with Crippen molar-refractivity contribution < 1.29 is 23.5 Å². The predicted octanol–water partition coefficient (Wildman–Crippen LogP) is 3.46. The molecule has 1 fully saturated rings. The molecule has 1 aromatic carbocycles. The number of nitrogens with zero attached hydrogens (tertiary/aromatic N) is 1. The van der Waals surface area contributed by atoms with Gasteiger partial charge in [-0.3, -0.25) is 9.00 Å². The number of anilines is 1. The molecule has 0 aliphatic heterocycles. The Hall–Kier alpha value is -2.58. The van der Waals surface area contributed by atoms with Gasteiger partial charge in [0.1, 0.15) is 5.82 Å². The van der Waals surface area contributed by atoms with Gasteiger partial charge in [-0.05, 0) is 35.6 Å². The van der Waals surface area contributed by atoms with Gasteiger partial charge < -0.3 is 15.0 Å². The average molecular weight is 415 g/mol. The number of aromatic nitrogens is 1. The molecule has 8 heteroatoms. The summed E-state index contributed by atoms with van der Waals surface area (Å²) in [7, 11) is 0. The number of carboxylic acids is 1. The van der Waals surface area contributed by atoms with E-state index in [1.807, 2.05) is 12.1 Å². The van der Waals surface area contributed by atoms with Crippen molar-refractivity contribution in [1.82, 2.24) is 4.98 Å². The van der Waals surface area contributed by atoms with Crippen molar-refractivity contribution in [3.05, 3.63) is 59.3 Å². The number of pyridine rings is 1. The van der Waals surface area contributed by atoms with Crippen molar-refractivity contribution in [2.24, 2.45) is 5.92 Å². The molecule has 0 saturated heterocycles. The van der Waals surface area contributed by atoms with Gasteiger partial charge >= 0.3 is 5.97 Å². The van der Waals surface area contributed by atoms with Crippen LogP contribution in [0.25, 0.3) is 0 Å². The van der Waals surface area contributed by atoms with E-state index in [-0.39, 0.29) is 23.1 Å². The minimum atomic E-state index is -2.16. The fourth-order valence-corrected chi connectivity index (χ4v) is 4.23. The molecule has 2 aromatic rings. The average Bonchev–Trinajstić information content (AvgIpc) is 3.20. The van der Waals surface area contributed by atoms with E-state index in [0.717, 1.165) is 18.4 Å². The number of carbonyl (C=O) groups excluding carboxylic acids is 1. The Morgan fingerprint density at radius 3 is 2.41 bits per heavy atom. The molecular weight excluding hydrogens is 392 g/mol. The second-order valence-corrected chi connectivity index (χ2v) is 8.25. The third kappa shape index (κ3) is 5.95. The summed E-state index contributed by atoms with van der Waals surface area (Å²) in [6, 6.07) is 9.96. The number of carbonyl (C=O) groups is 2. The third-order valence-corrected chi connectivity index (χ3v) is 5.86. The number of hydrogen-bond donors (Lipinski definition) is 2. The molecule has 0 radical (unpaired) electrons. The molecule has 0 spiro atoms. The van der Waals surface area contributed by atoms with E-state index in [0.29, 0.717) is 23.7 Å². The molecule has 1 amide bonds. The van der Waals surface area contributed by atoms with Crippen LogP contribution < -0.4 is 5.32 Å². The molecule has 1 aliphatic carbocycles. The molecule has 3 rings (SSSR count). The number of nitrogens with one attached hydrogen (secondary N) is 1. The summed E-state index contributed by atoms with van der Waals surface area (Å²) in [5, 5.41) is 11.8. The molecule has 0 bridgehead atoms.